The van der Waals surface area contributed by atoms with Gasteiger partial charge in [0.15, 0.2) is 17.5 Å². The highest BCUT2D eigenvalue weighted by Crippen LogP contribution is 2.43. The molecule has 4 fully saturated rings. The van der Waals surface area contributed by atoms with Gasteiger partial charge < -0.3 is 28.4 Å². The van der Waals surface area contributed by atoms with Crippen LogP contribution in [0.3, 0.4) is 0 Å². The highest BCUT2D eigenvalue weighted by atomic mass is 32.2. The van der Waals surface area contributed by atoms with Gasteiger partial charge in [0.25, 0.3) is 0 Å². The fourth-order valence-corrected chi connectivity index (χ4v) is 12.5. The van der Waals surface area contributed by atoms with Crippen LogP contribution >= 0.6 is 0 Å². The van der Waals surface area contributed by atoms with Crippen molar-refractivity contribution in [2.45, 2.75) is 90.4 Å². The van der Waals surface area contributed by atoms with Gasteiger partial charge in [0.2, 0.25) is 31.9 Å². The molecule has 4 aliphatic rings. The molecule has 71 heavy (non-hydrogen) atoms. The van der Waals surface area contributed by atoms with E-state index in [2.05, 4.69) is 20.2 Å². The summed E-state index contributed by atoms with van der Waals surface area (Å²) in [5, 5.41) is 11.1. The van der Waals surface area contributed by atoms with Crippen LogP contribution in [-0.4, -0.2) is 105 Å². The lowest BCUT2D eigenvalue weighted by Gasteiger charge is -2.27. The molecule has 374 valence electrons. The number of imidazole rings is 2. The molecule has 4 saturated heterocycles. The van der Waals surface area contributed by atoms with E-state index in [-0.39, 0.29) is 48.6 Å². The number of hydrogen-bond acceptors (Lipinski definition) is 12. The van der Waals surface area contributed by atoms with E-state index in [4.69, 9.17) is 19.0 Å². The second kappa shape index (κ2) is 18.0. The first-order valence-corrected chi connectivity index (χ1v) is 26.9. The summed E-state index contributed by atoms with van der Waals surface area (Å²) in [7, 11) is -6.69. The fourth-order valence-electron chi connectivity index (χ4n) is 10.8. The van der Waals surface area contributed by atoms with Crippen molar-refractivity contribution >= 4 is 59.6 Å². The van der Waals surface area contributed by atoms with E-state index in [0.717, 1.165) is 74.5 Å². The minimum Gasteiger partial charge on any atom is -0.361 e. The van der Waals surface area contributed by atoms with Crippen LogP contribution in [0.4, 0.5) is 18.9 Å². The monoisotopic (exact) mass is 1020 g/mol. The van der Waals surface area contributed by atoms with Crippen molar-refractivity contribution in [3.8, 4) is 22.3 Å². The highest BCUT2D eigenvalue weighted by molar-refractivity contribution is 7.88. The summed E-state index contributed by atoms with van der Waals surface area (Å²) in [6, 6.07) is 12.1. The van der Waals surface area contributed by atoms with Crippen LogP contribution < -0.4 is 10.2 Å². The average Bonchev–Trinajstić information content (AvgIpc) is 4.17. The molecular weight excluding hydrogens is 966 g/mol. The largest absolute Gasteiger partial charge is 0.361 e. The lowest BCUT2D eigenvalue weighted by molar-refractivity contribution is -0.119. The summed E-state index contributed by atoms with van der Waals surface area (Å²) in [6.45, 7) is 8.86. The summed E-state index contributed by atoms with van der Waals surface area (Å²) in [4.78, 5) is 36.0. The van der Waals surface area contributed by atoms with Crippen LogP contribution in [-0.2, 0) is 29.6 Å². The van der Waals surface area contributed by atoms with Crippen molar-refractivity contribution < 1.29 is 48.6 Å². The molecule has 4 aliphatic heterocycles. The maximum atomic E-state index is 14.2. The molecule has 0 aliphatic carbocycles. The zero-order valence-electron chi connectivity index (χ0n) is 39.7. The topological polar surface area (TPSA) is 212 Å². The number of fused-ring (bicyclic) bond motifs is 2. The first kappa shape index (κ1) is 48.2. The van der Waals surface area contributed by atoms with Gasteiger partial charge in [-0.3, -0.25) is 9.59 Å². The molecule has 3 aromatic carbocycles. The molecule has 23 heteroatoms. The number of carbonyl (C=O) groups excluding carboxylic acids is 2. The van der Waals surface area contributed by atoms with E-state index >= 15 is 0 Å². The van der Waals surface area contributed by atoms with Gasteiger partial charge in [0.05, 0.1) is 75.8 Å². The third-order valence-corrected chi connectivity index (χ3v) is 16.6. The van der Waals surface area contributed by atoms with Gasteiger partial charge in [0, 0.05) is 62.3 Å². The Bertz CT molecular complexity index is 3470. The highest BCUT2D eigenvalue weighted by Gasteiger charge is 2.41. The van der Waals surface area contributed by atoms with E-state index in [1.807, 2.05) is 68.7 Å². The van der Waals surface area contributed by atoms with Gasteiger partial charge in [-0.25, -0.2) is 48.6 Å². The average molecular weight is 1020 g/mol. The van der Waals surface area contributed by atoms with E-state index < -0.39 is 43.5 Å². The lowest BCUT2D eigenvalue weighted by atomic mass is 10.0. The Morgan fingerprint density at radius 3 is 1.58 bits per heavy atom. The molecule has 4 aromatic heterocycles. The molecule has 4 atom stereocenters. The number of anilines is 1. The van der Waals surface area contributed by atoms with Gasteiger partial charge in [-0.15, -0.1) is 0 Å². The molecule has 0 unspecified atom stereocenters. The van der Waals surface area contributed by atoms with Crippen molar-refractivity contribution in [1.82, 2.24) is 43.3 Å². The molecule has 11 rings (SSSR count). The third kappa shape index (κ3) is 8.79. The van der Waals surface area contributed by atoms with Crippen LogP contribution in [0.1, 0.15) is 97.2 Å². The second-order valence-electron chi connectivity index (χ2n) is 18.8. The number of hydrogen-bond donors (Lipinski definition) is 1. The van der Waals surface area contributed by atoms with Gasteiger partial charge in [-0.2, -0.15) is 0 Å². The number of amides is 2. The zero-order chi connectivity index (χ0) is 50.4. The smallest absolute Gasteiger partial charge is 0.227 e. The Morgan fingerprint density at radius 1 is 0.648 bits per heavy atom. The van der Waals surface area contributed by atoms with Crippen molar-refractivity contribution in [2.24, 2.45) is 0 Å². The molecule has 7 aromatic rings. The van der Waals surface area contributed by atoms with Crippen LogP contribution in [0, 0.1) is 45.1 Å². The summed E-state index contributed by atoms with van der Waals surface area (Å²) < 4.78 is 108. The number of nitrogens with one attached hydrogen (secondary N) is 1. The van der Waals surface area contributed by atoms with Crippen LogP contribution in [0.2, 0.25) is 0 Å². The van der Waals surface area contributed by atoms with Crippen molar-refractivity contribution in [1.29, 1.82) is 0 Å². The minimum atomic E-state index is -3.43. The van der Waals surface area contributed by atoms with Crippen LogP contribution in [0.25, 0.3) is 44.3 Å². The molecule has 0 saturated carbocycles. The van der Waals surface area contributed by atoms with Gasteiger partial charge >= 0.3 is 0 Å². The van der Waals surface area contributed by atoms with E-state index in [1.165, 1.54) is 19.8 Å². The Labute approximate surface area is 406 Å². The SMILES string of the molecule is Cc1noc(C)c1-c1ccc2c(c1)nc([C@@H]1CCC(=O)N1)n2[C@@H]1CCN(S(C)(=O)=O)C1.Cc1noc(C)c1-c1ccc2c(c1)nc([C@@H]1CCC(=O)N1c1cc(F)c(F)c(F)c1)n2[C@@H]1CCN(S(C)(=O)=O)C1. The van der Waals surface area contributed by atoms with Crippen molar-refractivity contribution in [3.63, 3.8) is 0 Å². The van der Waals surface area contributed by atoms with Gasteiger partial charge in [0.1, 0.15) is 23.2 Å². The Kier molecular flexibility index (Phi) is 12.2. The molecule has 0 bridgehead atoms. The number of nitrogens with zero attached hydrogens (tertiary/aromatic N) is 9. The van der Waals surface area contributed by atoms with Crippen molar-refractivity contribution in [3.05, 3.63) is 101 Å². The summed E-state index contributed by atoms with van der Waals surface area (Å²) in [5.41, 5.74) is 8.08. The molecule has 18 nitrogen and oxygen atoms in total. The van der Waals surface area contributed by atoms with E-state index in [9.17, 15) is 39.6 Å². The Hall–Kier alpha value is -6.43. The molecule has 1 N–H and O–H groups in total. The molecular formula is C48H51F3N10O8S2. The third-order valence-electron chi connectivity index (χ3n) is 14.1. The number of sulfonamides is 2. The van der Waals surface area contributed by atoms with E-state index in [0.29, 0.717) is 74.5 Å². The lowest BCUT2D eigenvalue weighted by Crippen LogP contribution is -2.31. The fraction of sp³-hybridized carbons (Fsp3) is 0.417. The van der Waals surface area contributed by atoms with Crippen molar-refractivity contribution in [2.75, 3.05) is 43.6 Å². The normalized spacial score (nSPS) is 21.3. The number of carbonyl (C=O) groups is 2. The predicted molar refractivity (Wildman–Crippen MR) is 255 cm³/mol. The molecule has 0 radical (unpaired) electrons. The second-order valence-corrected chi connectivity index (χ2v) is 22.8. The quantitative estimate of drug-likeness (QED) is 0.142. The molecule has 0 spiro atoms. The van der Waals surface area contributed by atoms with Crippen LogP contribution in [0.5, 0.6) is 0 Å². The molecule has 8 heterocycles. The predicted octanol–water partition coefficient (Wildman–Crippen LogP) is 7.27. The summed E-state index contributed by atoms with van der Waals surface area (Å²) >= 11 is 0. The van der Waals surface area contributed by atoms with E-state index in [1.54, 1.807) is 0 Å². The maximum absolute atomic E-state index is 14.2. The first-order valence-electron chi connectivity index (χ1n) is 23.2. The zero-order valence-corrected chi connectivity index (χ0v) is 41.4. The van der Waals surface area contributed by atoms with Gasteiger partial charge in [-0.1, -0.05) is 22.4 Å². The maximum Gasteiger partial charge on any atom is 0.227 e. The number of halogens is 3. The number of aromatic nitrogens is 6. The number of aryl methyl sites for hydroxylation is 4. The first-order chi connectivity index (χ1) is 33.7. The summed E-state index contributed by atoms with van der Waals surface area (Å²) in [6.07, 6.45) is 5.18. The number of rotatable bonds is 9. The standard InChI is InChI=1S/C27H26F3N5O4S.C21H25N5O4S/c1-14-25(15(2)39-32-14)16-4-5-22-21(10-16)31-27(35(22)17-8-9-33(13-17)40(3,37)38)23-6-7-24(36)34(23)18-11-19(28)26(30)20(29)12-18;1-12-20(13(2)30-24-12)14-4-6-18-17(10-14)23-21(16-5-7-19(27)22-16)26(18)15-8-9-25(11-15)31(3,28)29/h4-5,10-12,17,23H,6-9,13H2,1-3H3;4,6,10,15-16H,5,7-9,11H2,1-3H3,(H,22,27)/t17-,23+;15-,16+/m11/s1. The van der Waals surface area contributed by atoms with Crippen LogP contribution in [0.15, 0.2) is 57.6 Å². The van der Waals surface area contributed by atoms with Gasteiger partial charge in [-0.05, 0) is 88.8 Å². The summed E-state index contributed by atoms with van der Waals surface area (Å²) in [5.74, 6) is -2.13. The Morgan fingerprint density at radius 2 is 1.14 bits per heavy atom. The molecule has 2 amide bonds. The number of benzene rings is 3. The Balaban J connectivity index is 0.000000169. The minimum absolute atomic E-state index is 0.0178.